The maximum absolute atomic E-state index is 13.2. The van der Waals surface area contributed by atoms with E-state index in [9.17, 15) is 24.6 Å². The van der Waals surface area contributed by atoms with Crippen LogP contribution in [-0.4, -0.2) is 59.4 Å². The average Bonchev–Trinajstić information content (AvgIpc) is 3.03. The Kier molecular flexibility index (Phi) is 9.21. The number of ether oxygens (including phenoxy) is 5. The van der Waals surface area contributed by atoms with Crippen LogP contribution in [0.1, 0.15) is 40.9 Å². The molecule has 1 fully saturated rings. The van der Waals surface area contributed by atoms with Crippen LogP contribution in [0.4, 0.5) is 4.79 Å². The molecule has 0 bridgehead atoms. The van der Waals surface area contributed by atoms with E-state index in [4.69, 9.17) is 39.1 Å². The molecule has 1 saturated heterocycles. The molecule has 0 saturated carbocycles. The maximum atomic E-state index is 13.2. The van der Waals surface area contributed by atoms with Crippen LogP contribution in [0.3, 0.4) is 0 Å². The van der Waals surface area contributed by atoms with Crippen molar-refractivity contribution in [2.75, 3.05) is 7.11 Å². The number of carbonyl (C=O) groups excluding carboxylic acids is 2. The summed E-state index contributed by atoms with van der Waals surface area (Å²) < 4.78 is 33.8. The summed E-state index contributed by atoms with van der Waals surface area (Å²) in [4.78, 5) is 37.8. The summed E-state index contributed by atoms with van der Waals surface area (Å²) in [5.41, 5.74) is 3.94. The van der Waals surface area contributed by atoms with Gasteiger partial charge in [-0.1, -0.05) is 12.1 Å². The van der Waals surface area contributed by atoms with Crippen molar-refractivity contribution in [1.82, 2.24) is 0 Å². The first-order chi connectivity index (χ1) is 22.3. The molecular weight excluding hydrogens is 612 g/mol. The van der Waals surface area contributed by atoms with Gasteiger partial charge >= 0.3 is 11.7 Å². The van der Waals surface area contributed by atoms with E-state index in [1.54, 1.807) is 63.2 Å². The van der Waals surface area contributed by atoms with Crippen LogP contribution >= 0.6 is 0 Å². The summed E-state index contributed by atoms with van der Waals surface area (Å²) in [7, 11) is 1.37. The fraction of sp³-hybridized carbons (Fsp3) is 0.294. The topological polar surface area (TPSA) is 201 Å². The highest BCUT2D eigenvalue weighted by molar-refractivity contribution is 5.99. The standard InChI is InChI=1S/C34H32N2O11/c1-17-25(44-32-27(39)29(46-33(36)41)30(42-4)34(2,3)47-32)13-12-22-26(38)23(31(40)45-28(17)22)15-24(37)19-6-5-7-21(14-19)43-20-10-8-18(16-35)9-11-20/h5-14,27,29-30,32,38-39H,15H2,1-4H3,(H2,36,41)/t27-,29+,30-,32-/m1/s1. The molecule has 4 aromatic rings. The SMILES string of the molecule is CO[C@@H]1[C@@H](OC(N)=O)[C@@H](O)[C@H](Oc2ccc3c(O)c(CC(=O)c4cccc(Oc5ccc(C#N)cc5)c4)c(=O)oc3c2C)OC1(C)C. The molecule has 0 radical (unpaired) electrons. The molecule has 5 rings (SSSR count). The summed E-state index contributed by atoms with van der Waals surface area (Å²) in [6.45, 7) is 4.89. The average molecular weight is 645 g/mol. The summed E-state index contributed by atoms with van der Waals surface area (Å²) in [5.74, 6) is 0.0568. The van der Waals surface area contributed by atoms with Crippen molar-refractivity contribution in [3.05, 3.63) is 93.3 Å². The lowest BCUT2D eigenvalue weighted by molar-refractivity contribution is -0.304. The summed E-state index contributed by atoms with van der Waals surface area (Å²) in [6.07, 6.45) is -6.55. The molecule has 0 spiro atoms. The Morgan fingerprint density at radius 3 is 2.47 bits per heavy atom. The first kappa shape index (κ1) is 33.0. The van der Waals surface area contributed by atoms with E-state index < -0.39 is 59.9 Å². The Morgan fingerprint density at radius 1 is 1.09 bits per heavy atom. The number of hydrogen-bond acceptors (Lipinski definition) is 12. The number of amides is 1. The van der Waals surface area contributed by atoms with Crippen molar-refractivity contribution in [2.45, 2.75) is 57.4 Å². The molecule has 1 aliphatic rings. The lowest BCUT2D eigenvalue weighted by Gasteiger charge is -2.47. The number of aliphatic hydroxyl groups is 1. The number of benzene rings is 3. The molecule has 0 unspecified atom stereocenters. The second kappa shape index (κ2) is 13.1. The van der Waals surface area contributed by atoms with Gasteiger partial charge < -0.3 is 44.0 Å². The Hall–Kier alpha value is -5.42. The fourth-order valence-electron chi connectivity index (χ4n) is 5.49. The van der Waals surface area contributed by atoms with Gasteiger partial charge in [-0.3, -0.25) is 4.79 Å². The first-order valence-electron chi connectivity index (χ1n) is 14.4. The zero-order valence-electron chi connectivity index (χ0n) is 25.9. The number of Topliss-reactive ketones (excluding diaryl/α,β-unsaturated/α-hetero) is 1. The first-order valence-corrected chi connectivity index (χ1v) is 14.4. The number of nitriles is 1. The number of nitrogens with two attached hydrogens (primary N) is 1. The number of methoxy groups -OCH3 is 1. The Labute approximate surface area is 268 Å². The molecule has 47 heavy (non-hydrogen) atoms. The van der Waals surface area contributed by atoms with E-state index in [2.05, 4.69) is 0 Å². The number of nitrogens with zero attached hydrogens (tertiary/aromatic N) is 1. The number of carbonyl (C=O) groups is 2. The third-order valence-electron chi connectivity index (χ3n) is 7.82. The van der Waals surface area contributed by atoms with Crippen LogP contribution in [0, 0.1) is 18.3 Å². The van der Waals surface area contributed by atoms with Crippen molar-refractivity contribution in [3.63, 3.8) is 0 Å². The van der Waals surface area contributed by atoms with Gasteiger partial charge in [-0.15, -0.1) is 0 Å². The highest BCUT2D eigenvalue weighted by Gasteiger charge is 2.53. The Morgan fingerprint density at radius 2 is 1.81 bits per heavy atom. The molecule has 13 heteroatoms. The van der Waals surface area contributed by atoms with Gasteiger partial charge in [0.15, 0.2) is 18.0 Å². The van der Waals surface area contributed by atoms with Crippen LogP contribution in [-0.2, 0) is 20.6 Å². The van der Waals surface area contributed by atoms with Crippen molar-refractivity contribution in [1.29, 1.82) is 5.26 Å². The summed E-state index contributed by atoms with van der Waals surface area (Å²) >= 11 is 0. The number of hydrogen-bond donors (Lipinski definition) is 3. The molecule has 1 aromatic heterocycles. The number of rotatable bonds is 9. The minimum absolute atomic E-state index is 0.0109. The van der Waals surface area contributed by atoms with Crippen LogP contribution in [0.5, 0.6) is 23.0 Å². The van der Waals surface area contributed by atoms with Crippen LogP contribution < -0.4 is 20.8 Å². The lowest BCUT2D eigenvalue weighted by Crippen LogP contribution is -2.65. The minimum atomic E-state index is -1.52. The van der Waals surface area contributed by atoms with Gasteiger partial charge in [-0.05, 0) is 69.3 Å². The maximum Gasteiger partial charge on any atom is 0.404 e. The van der Waals surface area contributed by atoms with E-state index in [1.807, 2.05) is 6.07 Å². The number of primary amides is 1. The predicted molar refractivity (Wildman–Crippen MR) is 165 cm³/mol. The molecule has 0 aliphatic carbocycles. The minimum Gasteiger partial charge on any atom is -0.507 e. The molecule has 1 amide bonds. The van der Waals surface area contributed by atoms with Crippen molar-refractivity contribution in [2.24, 2.45) is 5.73 Å². The molecule has 3 aromatic carbocycles. The van der Waals surface area contributed by atoms with E-state index in [-0.39, 0.29) is 33.4 Å². The number of aliphatic hydroxyl groups excluding tert-OH is 1. The van der Waals surface area contributed by atoms with E-state index >= 15 is 0 Å². The van der Waals surface area contributed by atoms with Crippen molar-refractivity contribution in [3.8, 4) is 29.1 Å². The van der Waals surface area contributed by atoms with Gasteiger partial charge in [0, 0.05) is 24.7 Å². The second-order valence-corrected chi connectivity index (χ2v) is 11.4. The Balaban J connectivity index is 1.38. The number of ketones is 1. The van der Waals surface area contributed by atoms with E-state index in [0.29, 0.717) is 17.1 Å². The summed E-state index contributed by atoms with van der Waals surface area (Å²) in [6, 6.07) is 17.7. The number of aryl methyl sites for hydroxylation is 1. The quantitative estimate of drug-likeness (QED) is 0.173. The van der Waals surface area contributed by atoms with Crippen molar-refractivity contribution < 1.29 is 47.9 Å². The molecule has 4 N–H and O–H groups in total. The molecule has 1 aliphatic heterocycles. The Bertz CT molecular complexity index is 1930. The smallest absolute Gasteiger partial charge is 0.404 e. The zero-order chi connectivity index (χ0) is 34.0. The number of aromatic hydroxyl groups is 1. The third kappa shape index (κ3) is 6.75. The highest BCUT2D eigenvalue weighted by Crippen LogP contribution is 2.38. The summed E-state index contributed by atoms with van der Waals surface area (Å²) in [5, 5.41) is 31.2. The molecular formula is C34H32N2O11. The molecule has 244 valence electrons. The zero-order valence-corrected chi connectivity index (χ0v) is 25.9. The van der Waals surface area contributed by atoms with Gasteiger partial charge in [-0.2, -0.15) is 5.26 Å². The second-order valence-electron chi connectivity index (χ2n) is 11.4. The molecule has 13 nitrogen and oxygen atoms in total. The van der Waals surface area contributed by atoms with Gasteiger partial charge in [0.1, 0.15) is 34.7 Å². The molecule has 4 atom stereocenters. The number of fused-ring (bicyclic) bond motifs is 1. The van der Waals surface area contributed by atoms with Crippen LogP contribution in [0.15, 0.2) is 69.9 Å². The van der Waals surface area contributed by atoms with Gasteiger partial charge in [-0.25, -0.2) is 9.59 Å². The van der Waals surface area contributed by atoms with Crippen LogP contribution in [0.25, 0.3) is 11.0 Å². The largest absolute Gasteiger partial charge is 0.507 e. The lowest BCUT2D eigenvalue weighted by atomic mass is 9.89. The molecule has 2 heterocycles. The third-order valence-corrected chi connectivity index (χ3v) is 7.82. The van der Waals surface area contributed by atoms with Crippen LogP contribution in [0.2, 0.25) is 0 Å². The monoisotopic (exact) mass is 644 g/mol. The van der Waals surface area contributed by atoms with Gasteiger partial charge in [0.05, 0.1) is 28.2 Å². The fourth-order valence-corrected chi connectivity index (χ4v) is 5.49. The van der Waals surface area contributed by atoms with E-state index in [1.165, 1.54) is 25.3 Å². The van der Waals surface area contributed by atoms with E-state index in [0.717, 1.165) is 0 Å². The van der Waals surface area contributed by atoms with Crippen molar-refractivity contribution >= 4 is 22.8 Å². The van der Waals surface area contributed by atoms with Gasteiger partial charge in [0.2, 0.25) is 6.29 Å². The van der Waals surface area contributed by atoms with Gasteiger partial charge in [0.25, 0.3) is 0 Å². The highest BCUT2D eigenvalue weighted by atomic mass is 16.7. The predicted octanol–water partition coefficient (Wildman–Crippen LogP) is 4.25. The normalized spacial score (nSPS) is 20.3.